The molecule has 3 aromatic rings. The van der Waals surface area contributed by atoms with Gasteiger partial charge in [0.2, 0.25) is 0 Å². The maximum absolute atomic E-state index is 12.5. The van der Waals surface area contributed by atoms with Crippen LogP contribution in [-0.4, -0.2) is 30.2 Å². The van der Waals surface area contributed by atoms with Crippen molar-refractivity contribution in [1.29, 1.82) is 0 Å². The smallest absolute Gasteiger partial charge is 0.257 e. The molecule has 0 atom stereocenters. The number of methoxy groups -OCH3 is 2. The standard InChI is InChI=1S/C21H23N3O3S2/c1-4-5-6-13-7-9-15-18(11-13)29-21(22-15)24-20(28)23-19(25)14-8-10-16(26-2)17(12-14)27-3/h7-12H,4-6H2,1-3H3,(H2,22,23,24,25,28). The lowest BCUT2D eigenvalue weighted by Gasteiger charge is -2.10. The Labute approximate surface area is 179 Å². The second-order valence-corrected chi connectivity index (χ2v) is 7.84. The fraction of sp³-hybridized carbons (Fsp3) is 0.286. The molecule has 0 unspecified atom stereocenters. The third-order valence-electron chi connectivity index (χ3n) is 4.37. The Bertz CT molecular complexity index is 1030. The van der Waals surface area contributed by atoms with Crippen LogP contribution in [0.15, 0.2) is 36.4 Å². The Hall–Kier alpha value is -2.71. The first kappa shape index (κ1) is 21.0. The second kappa shape index (κ2) is 9.67. The minimum absolute atomic E-state index is 0.190. The molecule has 0 aliphatic rings. The van der Waals surface area contributed by atoms with E-state index in [-0.39, 0.29) is 11.0 Å². The average molecular weight is 430 g/mol. The molecule has 0 radical (unpaired) electrons. The SMILES string of the molecule is CCCCc1ccc2nc(NC(=S)NC(=O)c3ccc(OC)c(OC)c3)sc2c1. The van der Waals surface area contributed by atoms with Crippen LogP contribution < -0.4 is 20.1 Å². The molecule has 0 aliphatic carbocycles. The molecular formula is C21H23N3O3S2. The van der Waals surface area contributed by atoms with E-state index in [0.29, 0.717) is 22.2 Å². The first-order valence-electron chi connectivity index (χ1n) is 9.28. The molecule has 0 fully saturated rings. The Kier molecular flexibility index (Phi) is 7.00. The molecule has 1 heterocycles. The highest BCUT2D eigenvalue weighted by Crippen LogP contribution is 2.28. The molecule has 29 heavy (non-hydrogen) atoms. The third kappa shape index (κ3) is 5.21. The predicted octanol–water partition coefficient (Wildman–Crippen LogP) is 4.78. The number of nitrogens with zero attached hydrogens (tertiary/aromatic N) is 1. The van der Waals surface area contributed by atoms with Crippen molar-refractivity contribution in [3.63, 3.8) is 0 Å². The highest BCUT2D eigenvalue weighted by molar-refractivity contribution is 7.80. The van der Waals surface area contributed by atoms with E-state index >= 15 is 0 Å². The molecule has 1 amide bonds. The van der Waals surface area contributed by atoms with Gasteiger partial charge in [0.15, 0.2) is 21.7 Å². The third-order valence-corrected chi connectivity index (χ3v) is 5.50. The van der Waals surface area contributed by atoms with Gasteiger partial charge in [-0.05, 0) is 61.0 Å². The van der Waals surface area contributed by atoms with Crippen LogP contribution in [0.5, 0.6) is 11.5 Å². The van der Waals surface area contributed by atoms with Gasteiger partial charge in [-0.1, -0.05) is 30.7 Å². The van der Waals surface area contributed by atoms with Gasteiger partial charge < -0.3 is 14.8 Å². The summed E-state index contributed by atoms with van der Waals surface area (Å²) in [5.41, 5.74) is 2.63. The quantitative estimate of drug-likeness (QED) is 0.527. The summed E-state index contributed by atoms with van der Waals surface area (Å²) < 4.78 is 11.5. The molecule has 2 aromatic carbocycles. The number of hydrogen-bond acceptors (Lipinski definition) is 6. The fourth-order valence-electron chi connectivity index (χ4n) is 2.84. The first-order chi connectivity index (χ1) is 14.0. The lowest BCUT2D eigenvalue weighted by Crippen LogP contribution is -2.34. The number of aromatic nitrogens is 1. The van der Waals surface area contributed by atoms with Crippen LogP contribution in [-0.2, 0) is 6.42 Å². The lowest BCUT2D eigenvalue weighted by atomic mass is 10.1. The number of aryl methyl sites for hydroxylation is 1. The number of carbonyl (C=O) groups excluding carboxylic acids is 1. The van der Waals surface area contributed by atoms with Crippen molar-refractivity contribution in [3.05, 3.63) is 47.5 Å². The van der Waals surface area contributed by atoms with E-state index in [1.54, 1.807) is 25.3 Å². The Morgan fingerprint density at radius 2 is 1.93 bits per heavy atom. The summed E-state index contributed by atoms with van der Waals surface area (Å²) in [7, 11) is 3.06. The average Bonchev–Trinajstić information content (AvgIpc) is 3.12. The van der Waals surface area contributed by atoms with Gasteiger partial charge in [-0.3, -0.25) is 10.1 Å². The molecule has 0 aliphatic heterocycles. The molecule has 1 aromatic heterocycles. The Morgan fingerprint density at radius 1 is 1.14 bits per heavy atom. The number of amides is 1. The van der Waals surface area contributed by atoms with Crippen molar-refractivity contribution >= 4 is 49.9 Å². The highest BCUT2D eigenvalue weighted by Gasteiger charge is 2.13. The van der Waals surface area contributed by atoms with Gasteiger partial charge >= 0.3 is 0 Å². The number of fused-ring (bicyclic) bond motifs is 1. The summed E-state index contributed by atoms with van der Waals surface area (Å²) in [5, 5.41) is 6.50. The highest BCUT2D eigenvalue weighted by atomic mass is 32.1. The monoisotopic (exact) mass is 429 g/mol. The lowest BCUT2D eigenvalue weighted by molar-refractivity contribution is 0.0977. The summed E-state index contributed by atoms with van der Waals surface area (Å²) >= 11 is 6.79. The number of unbranched alkanes of at least 4 members (excludes halogenated alkanes) is 1. The van der Waals surface area contributed by atoms with Crippen molar-refractivity contribution in [2.24, 2.45) is 0 Å². The number of rotatable bonds is 7. The number of nitrogens with one attached hydrogen (secondary N) is 2. The maximum Gasteiger partial charge on any atom is 0.257 e. The van der Waals surface area contributed by atoms with Crippen molar-refractivity contribution in [2.45, 2.75) is 26.2 Å². The molecule has 152 valence electrons. The molecule has 8 heteroatoms. The van der Waals surface area contributed by atoms with Gasteiger partial charge in [0.1, 0.15) is 0 Å². The number of carbonyl (C=O) groups is 1. The summed E-state index contributed by atoms with van der Waals surface area (Å²) in [6, 6.07) is 11.2. The van der Waals surface area contributed by atoms with Crippen LogP contribution in [0.2, 0.25) is 0 Å². The molecule has 0 spiro atoms. The predicted molar refractivity (Wildman–Crippen MR) is 121 cm³/mol. The van der Waals surface area contributed by atoms with Crippen LogP contribution in [0.1, 0.15) is 35.7 Å². The number of thiazole rings is 1. The van der Waals surface area contributed by atoms with Crippen LogP contribution in [0, 0.1) is 0 Å². The van der Waals surface area contributed by atoms with E-state index < -0.39 is 0 Å². The fourth-order valence-corrected chi connectivity index (χ4v) is 4.03. The molecule has 0 bridgehead atoms. The van der Waals surface area contributed by atoms with E-state index in [1.165, 1.54) is 36.9 Å². The van der Waals surface area contributed by atoms with Gasteiger partial charge in [0.25, 0.3) is 5.91 Å². The molecule has 6 nitrogen and oxygen atoms in total. The van der Waals surface area contributed by atoms with E-state index in [2.05, 4.69) is 34.7 Å². The molecule has 0 saturated heterocycles. The number of thiocarbonyl (C=S) groups is 1. The van der Waals surface area contributed by atoms with Crippen molar-refractivity contribution in [2.75, 3.05) is 19.5 Å². The minimum Gasteiger partial charge on any atom is -0.493 e. The normalized spacial score (nSPS) is 10.6. The van der Waals surface area contributed by atoms with Crippen LogP contribution in [0.3, 0.4) is 0 Å². The number of anilines is 1. The van der Waals surface area contributed by atoms with Crippen LogP contribution >= 0.6 is 23.6 Å². The summed E-state index contributed by atoms with van der Waals surface area (Å²) in [6.45, 7) is 2.19. The van der Waals surface area contributed by atoms with Gasteiger partial charge in [-0.15, -0.1) is 0 Å². The van der Waals surface area contributed by atoms with Crippen molar-refractivity contribution < 1.29 is 14.3 Å². The second-order valence-electron chi connectivity index (χ2n) is 6.40. The van der Waals surface area contributed by atoms with Gasteiger partial charge in [0.05, 0.1) is 24.4 Å². The van der Waals surface area contributed by atoms with Gasteiger partial charge in [-0.2, -0.15) is 0 Å². The van der Waals surface area contributed by atoms with Crippen molar-refractivity contribution in [1.82, 2.24) is 10.3 Å². The van der Waals surface area contributed by atoms with Crippen LogP contribution in [0.25, 0.3) is 10.2 Å². The number of benzene rings is 2. The Balaban J connectivity index is 1.66. The zero-order valence-electron chi connectivity index (χ0n) is 16.6. The Morgan fingerprint density at radius 3 is 2.66 bits per heavy atom. The number of ether oxygens (including phenoxy) is 2. The molecule has 3 rings (SSSR count). The summed E-state index contributed by atoms with van der Waals surface area (Å²) in [6.07, 6.45) is 3.40. The van der Waals surface area contributed by atoms with E-state index in [4.69, 9.17) is 21.7 Å². The van der Waals surface area contributed by atoms with Gasteiger partial charge in [-0.25, -0.2) is 4.98 Å². The van der Waals surface area contributed by atoms with Gasteiger partial charge in [0, 0.05) is 5.56 Å². The molecule has 2 N–H and O–H groups in total. The van der Waals surface area contributed by atoms with Crippen LogP contribution in [0.4, 0.5) is 5.13 Å². The first-order valence-corrected chi connectivity index (χ1v) is 10.5. The zero-order valence-corrected chi connectivity index (χ0v) is 18.2. The number of hydrogen-bond donors (Lipinski definition) is 2. The molecular weight excluding hydrogens is 406 g/mol. The minimum atomic E-state index is -0.341. The van der Waals surface area contributed by atoms with E-state index in [1.807, 2.05) is 6.07 Å². The van der Waals surface area contributed by atoms with E-state index in [9.17, 15) is 4.79 Å². The summed E-state index contributed by atoms with van der Waals surface area (Å²) in [4.78, 5) is 17.0. The van der Waals surface area contributed by atoms with Crippen molar-refractivity contribution in [3.8, 4) is 11.5 Å². The summed E-state index contributed by atoms with van der Waals surface area (Å²) in [5.74, 6) is 0.688. The van der Waals surface area contributed by atoms with E-state index in [0.717, 1.165) is 16.6 Å². The largest absolute Gasteiger partial charge is 0.493 e. The maximum atomic E-state index is 12.5. The molecule has 0 saturated carbocycles. The topological polar surface area (TPSA) is 72.5 Å². The zero-order chi connectivity index (χ0) is 20.8.